The van der Waals surface area contributed by atoms with Crippen LogP contribution in [0.25, 0.3) is 5.76 Å². The van der Waals surface area contributed by atoms with Gasteiger partial charge in [-0.3, -0.25) is 9.59 Å². The summed E-state index contributed by atoms with van der Waals surface area (Å²) in [6.45, 7) is 1.80. The molecule has 1 N–H and O–H groups in total. The van der Waals surface area contributed by atoms with Gasteiger partial charge in [-0.15, -0.1) is 0 Å². The topological polar surface area (TPSA) is 89.2 Å². The summed E-state index contributed by atoms with van der Waals surface area (Å²) in [7, 11) is 2.94. The quantitative estimate of drug-likeness (QED) is 0.455. The normalized spacial score (nSPS) is 21.4. The minimum Gasteiger partial charge on any atom is -0.506 e. The van der Waals surface area contributed by atoms with E-state index in [-0.39, 0.29) is 22.9 Å². The smallest absolute Gasteiger partial charge is 0.296 e. The third-order valence-electron chi connectivity index (χ3n) is 5.89. The molecule has 7 heteroatoms. The maximum Gasteiger partial charge on any atom is 0.296 e. The molecular formula is C23H25NO6. The van der Waals surface area contributed by atoms with Gasteiger partial charge in [0.25, 0.3) is 11.7 Å². The van der Waals surface area contributed by atoms with Crippen molar-refractivity contribution < 1.29 is 28.6 Å². The maximum absolute atomic E-state index is 13.1. The number of rotatable bonds is 5. The summed E-state index contributed by atoms with van der Waals surface area (Å²) in [4.78, 5) is 27.8. The molecular weight excluding hydrogens is 386 g/mol. The van der Waals surface area contributed by atoms with Crippen LogP contribution in [0.2, 0.25) is 0 Å². The van der Waals surface area contributed by atoms with Crippen molar-refractivity contribution in [2.75, 3.05) is 14.2 Å². The van der Waals surface area contributed by atoms with Gasteiger partial charge in [0, 0.05) is 6.04 Å². The van der Waals surface area contributed by atoms with E-state index in [1.54, 1.807) is 42.2 Å². The van der Waals surface area contributed by atoms with E-state index in [4.69, 9.17) is 13.9 Å². The first-order chi connectivity index (χ1) is 14.5. The molecule has 1 aliphatic heterocycles. The van der Waals surface area contributed by atoms with Gasteiger partial charge in [0.05, 0.1) is 19.8 Å². The van der Waals surface area contributed by atoms with Gasteiger partial charge in [-0.2, -0.15) is 0 Å². The van der Waals surface area contributed by atoms with Crippen molar-refractivity contribution in [1.29, 1.82) is 0 Å². The van der Waals surface area contributed by atoms with Crippen LogP contribution >= 0.6 is 0 Å². The maximum atomic E-state index is 13.1. The number of methoxy groups -OCH3 is 2. The summed E-state index contributed by atoms with van der Waals surface area (Å²) in [6.07, 6.45) is 3.64. The Balaban J connectivity index is 1.94. The Kier molecular flexibility index (Phi) is 5.28. The second-order valence-corrected chi connectivity index (χ2v) is 7.63. The van der Waals surface area contributed by atoms with Crippen LogP contribution < -0.4 is 9.47 Å². The zero-order valence-corrected chi connectivity index (χ0v) is 17.3. The average Bonchev–Trinajstić information content (AvgIpc) is 3.48. The number of furan rings is 1. The van der Waals surface area contributed by atoms with E-state index in [9.17, 15) is 14.7 Å². The van der Waals surface area contributed by atoms with E-state index in [0.717, 1.165) is 25.7 Å². The third kappa shape index (κ3) is 3.14. The lowest BCUT2D eigenvalue weighted by molar-refractivity contribution is -0.141. The summed E-state index contributed by atoms with van der Waals surface area (Å²) in [5.74, 6) is 0.123. The van der Waals surface area contributed by atoms with Crippen molar-refractivity contribution >= 4 is 17.4 Å². The summed E-state index contributed by atoms with van der Waals surface area (Å²) >= 11 is 0. The second kappa shape index (κ2) is 7.89. The first-order valence-corrected chi connectivity index (χ1v) is 10.1. The number of benzene rings is 1. The molecule has 0 bridgehead atoms. The zero-order valence-electron chi connectivity index (χ0n) is 17.3. The molecule has 1 aromatic heterocycles. The SMILES string of the molecule is COc1cccc(OC)c1/C(O)=C1\C(=O)C(=O)N(C2CCCC2)C1c1ccc(C)o1. The molecule has 4 rings (SSSR count). The van der Waals surface area contributed by atoms with Gasteiger partial charge in [-0.1, -0.05) is 18.9 Å². The Morgan fingerprint density at radius 1 is 1.07 bits per heavy atom. The lowest BCUT2D eigenvalue weighted by Gasteiger charge is -2.29. The number of hydrogen-bond donors (Lipinski definition) is 1. The van der Waals surface area contributed by atoms with Crippen LogP contribution in [0.4, 0.5) is 0 Å². The number of likely N-dealkylation sites (tertiary alicyclic amines) is 1. The van der Waals surface area contributed by atoms with E-state index in [1.165, 1.54) is 14.2 Å². The highest BCUT2D eigenvalue weighted by Crippen LogP contribution is 2.46. The van der Waals surface area contributed by atoms with Crippen LogP contribution in [-0.4, -0.2) is 42.0 Å². The van der Waals surface area contributed by atoms with Crippen molar-refractivity contribution in [1.82, 2.24) is 4.90 Å². The number of ether oxygens (including phenoxy) is 2. The van der Waals surface area contributed by atoms with E-state index in [0.29, 0.717) is 23.0 Å². The zero-order chi connectivity index (χ0) is 21.4. The molecule has 0 spiro atoms. The lowest BCUT2D eigenvalue weighted by Crippen LogP contribution is -2.37. The van der Waals surface area contributed by atoms with Crippen molar-refractivity contribution in [3.05, 3.63) is 53.0 Å². The number of carbonyl (C=O) groups is 2. The molecule has 1 aliphatic carbocycles. The monoisotopic (exact) mass is 411 g/mol. The molecule has 1 unspecified atom stereocenters. The number of amides is 1. The van der Waals surface area contributed by atoms with Crippen LogP contribution in [0.3, 0.4) is 0 Å². The van der Waals surface area contributed by atoms with E-state index in [2.05, 4.69) is 0 Å². The minimum atomic E-state index is -0.795. The van der Waals surface area contributed by atoms with Gasteiger partial charge < -0.3 is 23.9 Å². The number of hydrogen-bond acceptors (Lipinski definition) is 6. The standard InChI is InChI=1S/C23H25NO6/c1-13-11-12-17(30-13)20-19(22(26)23(27)24(20)14-7-4-5-8-14)21(25)18-15(28-2)9-6-10-16(18)29-3/h6,9-12,14,20,25H,4-5,7-8H2,1-3H3/b21-19+. The summed E-state index contributed by atoms with van der Waals surface area (Å²) < 4.78 is 16.6. The van der Waals surface area contributed by atoms with Gasteiger partial charge in [0.1, 0.15) is 40.4 Å². The van der Waals surface area contributed by atoms with Crippen LogP contribution in [0.5, 0.6) is 11.5 Å². The number of Topliss-reactive ketones (excluding diaryl/α,β-unsaturated/α-hetero) is 1. The van der Waals surface area contributed by atoms with Gasteiger partial charge in [-0.05, 0) is 44.0 Å². The minimum absolute atomic E-state index is 0.0101. The number of nitrogens with zero attached hydrogens (tertiary/aromatic N) is 1. The van der Waals surface area contributed by atoms with Crippen LogP contribution in [0, 0.1) is 6.92 Å². The van der Waals surface area contributed by atoms with Crippen molar-refractivity contribution in [3.8, 4) is 11.5 Å². The molecule has 158 valence electrons. The Labute approximate surface area is 174 Å². The summed E-state index contributed by atoms with van der Waals surface area (Å²) in [5.41, 5.74) is 0.226. The molecule has 7 nitrogen and oxygen atoms in total. The Morgan fingerprint density at radius 2 is 1.70 bits per heavy atom. The van der Waals surface area contributed by atoms with Crippen molar-refractivity contribution in [3.63, 3.8) is 0 Å². The molecule has 2 heterocycles. The highest BCUT2D eigenvalue weighted by atomic mass is 16.5. The molecule has 2 aliphatic rings. The molecule has 0 radical (unpaired) electrons. The number of aliphatic hydroxyl groups is 1. The predicted molar refractivity (Wildman–Crippen MR) is 109 cm³/mol. The van der Waals surface area contributed by atoms with E-state index in [1.807, 2.05) is 0 Å². The predicted octanol–water partition coefficient (Wildman–Crippen LogP) is 3.97. The third-order valence-corrected chi connectivity index (χ3v) is 5.89. The fraction of sp³-hybridized carbons (Fsp3) is 0.391. The van der Waals surface area contributed by atoms with E-state index < -0.39 is 17.7 Å². The van der Waals surface area contributed by atoms with Crippen LogP contribution in [0.15, 0.2) is 40.3 Å². The molecule has 1 saturated carbocycles. The Hall–Kier alpha value is -3.22. The number of ketones is 1. The van der Waals surface area contributed by atoms with Crippen molar-refractivity contribution in [2.45, 2.75) is 44.7 Å². The molecule has 30 heavy (non-hydrogen) atoms. The van der Waals surface area contributed by atoms with Gasteiger partial charge in [0.2, 0.25) is 0 Å². The average molecular weight is 411 g/mol. The highest BCUT2D eigenvalue weighted by molar-refractivity contribution is 6.46. The summed E-state index contributed by atoms with van der Waals surface area (Å²) in [6, 6.07) is 7.72. The van der Waals surface area contributed by atoms with Gasteiger partial charge in [0.15, 0.2) is 0 Å². The first-order valence-electron chi connectivity index (χ1n) is 10.1. The molecule has 1 aromatic carbocycles. The summed E-state index contributed by atoms with van der Waals surface area (Å²) in [5, 5.41) is 11.3. The molecule has 2 fully saturated rings. The van der Waals surface area contributed by atoms with E-state index >= 15 is 0 Å². The molecule has 1 saturated heterocycles. The Bertz CT molecular complexity index is 992. The fourth-order valence-electron chi connectivity index (χ4n) is 4.51. The molecule has 2 aromatic rings. The van der Waals surface area contributed by atoms with Gasteiger partial charge >= 0.3 is 0 Å². The number of aliphatic hydroxyl groups excluding tert-OH is 1. The second-order valence-electron chi connectivity index (χ2n) is 7.63. The fourth-order valence-corrected chi connectivity index (χ4v) is 4.51. The first kappa shape index (κ1) is 20.1. The molecule has 1 amide bonds. The highest BCUT2D eigenvalue weighted by Gasteiger charge is 2.50. The lowest BCUT2D eigenvalue weighted by atomic mass is 9.97. The van der Waals surface area contributed by atoms with Crippen LogP contribution in [0.1, 0.15) is 48.8 Å². The molecule has 1 atom stereocenters. The van der Waals surface area contributed by atoms with Crippen LogP contribution in [-0.2, 0) is 9.59 Å². The van der Waals surface area contributed by atoms with Gasteiger partial charge in [-0.25, -0.2) is 0 Å². The number of carbonyl (C=O) groups excluding carboxylic acids is 2. The Morgan fingerprint density at radius 3 is 2.23 bits per heavy atom. The largest absolute Gasteiger partial charge is 0.506 e. The van der Waals surface area contributed by atoms with Crippen molar-refractivity contribution in [2.24, 2.45) is 0 Å². The number of aryl methyl sites for hydroxylation is 1.